The maximum atomic E-state index is 13.0. The second-order valence-electron chi connectivity index (χ2n) is 7.73. The Morgan fingerprint density at radius 3 is 1.36 bits per heavy atom. The number of hydrogen-bond acceptors (Lipinski definition) is 2. The van der Waals surface area contributed by atoms with Gasteiger partial charge in [0.05, 0.1) is 11.4 Å². The lowest BCUT2D eigenvalue weighted by Gasteiger charge is -2.21. The number of fused-ring (bicyclic) bond motifs is 2. The molecular weight excluding hydrogens is 348 g/mol. The smallest absolute Gasteiger partial charge is 0.259 e. The summed E-state index contributed by atoms with van der Waals surface area (Å²) < 4.78 is 0. The fraction of sp³-hybridized carbons (Fsp3) is 0.250. The summed E-state index contributed by atoms with van der Waals surface area (Å²) in [5.74, 6) is -0.0417. The predicted molar refractivity (Wildman–Crippen MR) is 114 cm³/mol. The molecule has 2 aromatic rings. The summed E-state index contributed by atoms with van der Waals surface area (Å²) >= 11 is 0. The van der Waals surface area contributed by atoms with E-state index in [4.69, 9.17) is 0 Å². The van der Waals surface area contributed by atoms with Crippen LogP contribution in [0.4, 0.5) is 11.4 Å². The van der Waals surface area contributed by atoms with Crippen LogP contribution in [0.25, 0.3) is 11.1 Å². The molecular formula is C24H24N2O2. The first-order valence-electron chi connectivity index (χ1n) is 9.69. The zero-order chi connectivity index (χ0) is 20.0. The minimum atomic E-state index is -0.0208. The number of amides is 2. The van der Waals surface area contributed by atoms with Crippen molar-refractivity contribution in [1.29, 1.82) is 0 Å². The molecule has 0 N–H and O–H groups in total. The van der Waals surface area contributed by atoms with Crippen molar-refractivity contribution in [2.75, 3.05) is 9.80 Å². The average Bonchev–Trinajstić information content (AvgIpc) is 3.10. The zero-order valence-electron chi connectivity index (χ0n) is 16.6. The molecule has 0 aliphatic carbocycles. The minimum absolute atomic E-state index is 0.0208. The molecule has 0 bridgehead atoms. The number of allylic oxidation sites excluding steroid dienone is 2. The molecule has 2 aromatic carbocycles. The lowest BCUT2D eigenvalue weighted by atomic mass is 10.0. The highest BCUT2D eigenvalue weighted by molar-refractivity contribution is 6.35. The fourth-order valence-electron chi connectivity index (χ4n) is 4.05. The molecule has 4 nitrogen and oxygen atoms in total. The summed E-state index contributed by atoms with van der Waals surface area (Å²) in [6.45, 7) is 8.03. The van der Waals surface area contributed by atoms with E-state index in [-0.39, 0.29) is 23.9 Å². The molecule has 28 heavy (non-hydrogen) atoms. The van der Waals surface area contributed by atoms with Crippen LogP contribution in [0.1, 0.15) is 38.8 Å². The van der Waals surface area contributed by atoms with Crippen LogP contribution in [0.15, 0.2) is 60.7 Å². The van der Waals surface area contributed by atoms with Crippen LogP contribution in [0, 0.1) is 0 Å². The van der Waals surface area contributed by atoms with Crippen molar-refractivity contribution in [2.45, 2.75) is 39.8 Å². The Balaban J connectivity index is 1.82. The van der Waals surface area contributed by atoms with Crippen molar-refractivity contribution in [2.24, 2.45) is 0 Å². The van der Waals surface area contributed by atoms with Gasteiger partial charge in [-0.25, -0.2) is 0 Å². The van der Waals surface area contributed by atoms with Gasteiger partial charge in [0.2, 0.25) is 0 Å². The Bertz CT molecular complexity index is 947. The number of hydrogen-bond donors (Lipinski definition) is 0. The van der Waals surface area contributed by atoms with Gasteiger partial charge in [0.25, 0.3) is 11.8 Å². The molecule has 0 atom stereocenters. The molecule has 0 saturated heterocycles. The summed E-state index contributed by atoms with van der Waals surface area (Å²) in [7, 11) is 0. The van der Waals surface area contributed by atoms with Gasteiger partial charge in [-0.3, -0.25) is 9.59 Å². The van der Waals surface area contributed by atoms with E-state index in [2.05, 4.69) is 0 Å². The van der Waals surface area contributed by atoms with E-state index in [1.165, 1.54) is 0 Å². The van der Waals surface area contributed by atoms with Crippen LogP contribution in [0.5, 0.6) is 0 Å². The van der Waals surface area contributed by atoms with E-state index in [0.717, 1.165) is 22.5 Å². The highest BCUT2D eigenvalue weighted by Gasteiger charge is 2.35. The van der Waals surface area contributed by atoms with Crippen molar-refractivity contribution in [3.8, 4) is 0 Å². The Labute approximate surface area is 165 Å². The summed E-state index contributed by atoms with van der Waals surface area (Å²) in [6, 6.07) is 15.8. The van der Waals surface area contributed by atoms with Gasteiger partial charge >= 0.3 is 0 Å². The highest BCUT2D eigenvalue weighted by Crippen LogP contribution is 2.40. The first-order chi connectivity index (χ1) is 13.4. The third kappa shape index (κ3) is 2.68. The lowest BCUT2D eigenvalue weighted by molar-refractivity contribution is -0.114. The number of carbonyl (C=O) groups excluding carboxylic acids is 2. The summed E-state index contributed by atoms with van der Waals surface area (Å²) in [4.78, 5) is 29.7. The maximum Gasteiger partial charge on any atom is 0.259 e. The van der Waals surface area contributed by atoms with Crippen LogP contribution in [0.3, 0.4) is 0 Å². The van der Waals surface area contributed by atoms with E-state index < -0.39 is 0 Å². The van der Waals surface area contributed by atoms with Gasteiger partial charge in [0.15, 0.2) is 0 Å². The molecule has 2 heterocycles. The van der Waals surface area contributed by atoms with E-state index >= 15 is 0 Å². The van der Waals surface area contributed by atoms with Gasteiger partial charge < -0.3 is 9.80 Å². The zero-order valence-corrected chi connectivity index (χ0v) is 16.6. The second kappa shape index (κ2) is 6.79. The minimum Gasteiger partial charge on any atom is -0.305 e. The predicted octanol–water partition coefficient (Wildman–Crippen LogP) is 4.66. The molecule has 0 saturated carbocycles. The van der Waals surface area contributed by atoms with Crippen LogP contribution < -0.4 is 9.80 Å². The number of rotatable bonds is 3. The molecule has 0 spiro atoms. The quantitative estimate of drug-likeness (QED) is 0.735. The molecule has 142 valence electrons. The Morgan fingerprint density at radius 2 is 1.00 bits per heavy atom. The average molecular weight is 372 g/mol. The number of carbonyl (C=O) groups is 2. The van der Waals surface area contributed by atoms with Crippen LogP contribution in [-0.4, -0.2) is 23.9 Å². The van der Waals surface area contributed by atoms with Crippen molar-refractivity contribution < 1.29 is 9.59 Å². The second-order valence-corrected chi connectivity index (χ2v) is 7.73. The number of para-hydroxylation sites is 2. The van der Waals surface area contributed by atoms with Gasteiger partial charge in [0, 0.05) is 34.4 Å². The molecule has 0 radical (unpaired) electrons. The standard InChI is InChI=1S/C24H24N2O2/c1-15(2)25-21-11-7-5-9-17(21)19(23(25)27)13-14-20-18-10-6-8-12-22(18)26(16(3)4)24(20)28/h5-16H,1-4H3/b19-13-,20-14-. The van der Waals surface area contributed by atoms with Crippen LogP contribution in [0.2, 0.25) is 0 Å². The first kappa shape index (κ1) is 18.2. The molecule has 2 amide bonds. The van der Waals surface area contributed by atoms with Crippen molar-refractivity contribution in [3.63, 3.8) is 0 Å². The third-order valence-corrected chi connectivity index (χ3v) is 5.26. The van der Waals surface area contributed by atoms with E-state index in [1.54, 1.807) is 12.2 Å². The summed E-state index contributed by atoms with van der Waals surface area (Å²) in [5.41, 5.74) is 4.94. The summed E-state index contributed by atoms with van der Waals surface area (Å²) in [5, 5.41) is 0. The van der Waals surface area contributed by atoms with E-state index in [0.29, 0.717) is 11.1 Å². The molecule has 2 aliphatic heterocycles. The summed E-state index contributed by atoms with van der Waals surface area (Å²) in [6.07, 6.45) is 3.61. The molecule has 4 rings (SSSR count). The monoisotopic (exact) mass is 372 g/mol. The number of anilines is 2. The van der Waals surface area contributed by atoms with E-state index in [9.17, 15) is 9.59 Å². The van der Waals surface area contributed by atoms with Crippen LogP contribution >= 0.6 is 0 Å². The van der Waals surface area contributed by atoms with Gasteiger partial charge in [-0.05, 0) is 52.0 Å². The van der Waals surface area contributed by atoms with Crippen molar-refractivity contribution in [1.82, 2.24) is 0 Å². The van der Waals surface area contributed by atoms with E-state index in [1.807, 2.05) is 86.0 Å². The fourth-order valence-corrected chi connectivity index (χ4v) is 4.05. The Hall–Kier alpha value is -3.14. The van der Waals surface area contributed by atoms with Crippen molar-refractivity contribution >= 4 is 34.3 Å². The molecule has 2 aliphatic rings. The lowest BCUT2D eigenvalue weighted by Crippen LogP contribution is -2.33. The molecule has 0 aromatic heterocycles. The van der Waals surface area contributed by atoms with Gasteiger partial charge in [-0.2, -0.15) is 0 Å². The number of benzene rings is 2. The molecule has 0 unspecified atom stereocenters. The molecule has 0 fully saturated rings. The topological polar surface area (TPSA) is 40.6 Å². The third-order valence-electron chi connectivity index (χ3n) is 5.26. The van der Waals surface area contributed by atoms with Crippen LogP contribution in [-0.2, 0) is 9.59 Å². The Morgan fingerprint density at radius 1 is 0.643 bits per heavy atom. The van der Waals surface area contributed by atoms with Gasteiger partial charge in [0.1, 0.15) is 0 Å². The highest BCUT2D eigenvalue weighted by atomic mass is 16.2. The maximum absolute atomic E-state index is 13.0. The first-order valence-corrected chi connectivity index (χ1v) is 9.69. The normalized spacial score (nSPS) is 18.8. The molecule has 4 heteroatoms. The van der Waals surface area contributed by atoms with Gasteiger partial charge in [-0.15, -0.1) is 0 Å². The largest absolute Gasteiger partial charge is 0.305 e. The number of nitrogens with zero attached hydrogens (tertiary/aromatic N) is 2. The van der Waals surface area contributed by atoms with Gasteiger partial charge in [-0.1, -0.05) is 36.4 Å². The Kier molecular flexibility index (Phi) is 4.42. The SMILES string of the molecule is CC(C)N1C(=O)/C(=C\C=C2/C(=O)N(C(C)C)c3ccccc32)c2ccccc21. The van der Waals surface area contributed by atoms with Crippen molar-refractivity contribution in [3.05, 3.63) is 71.8 Å².